The minimum atomic E-state index is -0.464. The molecule has 0 unspecified atom stereocenters. The fourth-order valence-electron chi connectivity index (χ4n) is 2.58. The Bertz CT molecular complexity index is 889. The summed E-state index contributed by atoms with van der Waals surface area (Å²) in [6, 6.07) is 9.16. The van der Waals surface area contributed by atoms with E-state index in [2.05, 4.69) is 10.3 Å². The average molecular weight is 367 g/mol. The number of thioether (sulfide) groups is 1. The van der Waals surface area contributed by atoms with Gasteiger partial charge in [0, 0.05) is 18.1 Å². The summed E-state index contributed by atoms with van der Waals surface area (Å²) < 4.78 is 0. The van der Waals surface area contributed by atoms with Crippen molar-refractivity contribution in [3.05, 3.63) is 64.3 Å². The van der Waals surface area contributed by atoms with Gasteiger partial charge >= 0.3 is 0 Å². The van der Waals surface area contributed by atoms with E-state index in [-0.39, 0.29) is 6.54 Å². The standard InChI is InChI=1S/C19H17N3O3S/c1-12-4-3-5-13(2)17(12)21-16(23)11-22-18(24)15(26-19(22)25)10-14-6-8-20-9-7-14/h3-10H,11H2,1-2H3,(H,21,23)/b15-10+. The number of hydrogen-bond acceptors (Lipinski definition) is 5. The van der Waals surface area contributed by atoms with E-state index in [4.69, 9.17) is 0 Å². The number of amides is 3. The van der Waals surface area contributed by atoms with Crippen LogP contribution in [0.25, 0.3) is 6.08 Å². The third-order valence-corrected chi connectivity index (χ3v) is 4.83. The number of aryl methyl sites for hydroxylation is 2. The quantitative estimate of drug-likeness (QED) is 0.838. The van der Waals surface area contributed by atoms with Crippen LogP contribution in [0.1, 0.15) is 16.7 Å². The Hall–Kier alpha value is -2.93. The number of hydrogen-bond donors (Lipinski definition) is 1. The van der Waals surface area contributed by atoms with Gasteiger partial charge < -0.3 is 5.32 Å². The van der Waals surface area contributed by atoms with Crippen molar-refractivity contribution in [2.24, 2.45) is 0 Å². The number of benzene rings is 1. The molecule has 2 aromatic rings. The summed E-state index contributed by atoms with van der Waals surface area (Å²) in [7, 11) is 0. The van der Waals surface area contributed by atoms with Crippen molar-refractivity contribution in [1.29, 1.82) is 0 Å². The first-order chi connectivity index (χ1) is 12.5. The summed E-state index contributed by atoms with van der Waals surface area (Å²) in [5.41, 5.74) is 3.32. The fourth-order valence-corrected chi connectivity index (χ4v) is 3.42. The van der Waals surface area contributed by atoms with E-state index in [0.717, 1.165) is 33.4 Å². The zero-order valence-electron chi connectivity index (χ0n) is 14.4. The van der Waals surface area contributed by atoms with Gasteiger partial charge in [0.2, 0.25) is 5.91 Å². The summed E-state index contributed by atoms with van der Waals surface area (Å²) in [6.07, 6.45) is 4.83. The maximum atomic E-state index is 12.5. The molecule has 7 heteroatoms. The molecule has 1 aliphatic heterocycles. The lowest BCUT2D eigenvalue weighted by atomic mass is 10.1. The summed E-state index contributed by atoms with van der Waals surface area (Å²) >= 11 is 0.829. The zero-order valence-corrected chi connectivity index (χ0v) is 15.2. The number of nitrogens with one attached hydrogen (secondary N) is 1. The second-order valence-electron chi connectivity index (χ2n) is 5.86. The Kier molecular flexibility index (Phi) is 5.18. The molecule has 3 rings (SSSR count). The van der Waals surface area contributed by atoms with Gasteiger partial charge in [0.1, 0.15) is 6.54 Å². The van der Waals surface area contributed by atoms with Gasteiger partial charge in [-0.15, -0.1) is 0 Å². The van der Waals surface area contributed by atoms with E-state index in [1.54, 1.807) is 30.6 Å². The molecule has 1 aromatic carbocycles. The molecule has 1 aliphatic rings. The summed E-state index contributed by atoms with van der Waals surface area (Å²) in [5.74, 6) is -0.872. The predicted octanol–water partition coefficient (Wildman–Crippen LogP) is 3.37. The van der Waals surface area contributed by atoms with Crippen molar-refractivity contribution in [3.63, 3.8) is 0 Å². The molecular formula is C19H17N3O3S. The van der Waals surface area contributed by atoms with Gasteiger partial charge in [-0.25, -0.2) is 0 Å². The highest BCUT2D eigenvalue weighted by Crippen LogP contribution is 2.32. The highest BCUT2D eigenvalue weighted by atomic mass is 32.2. The van der Waals surface area contributed by atoms with E-state index < -0.39 is 17.1 Å². The molecule has 0 atom stereocenters. The maximum Gasteiger partial charge on any atom is 0.294 e. The average Bonchev–Trinajstić information content (AvgIpc) is 2.87. The molecule has 1 aromatic heterocycles. The second-order valence-corrected chi connectivity index (χ2v) is 6.86. The third-order valence-electron chi connectivity index (χ3n) is 3.92. The minimum Gasteiger partial charge on any atom is -0.324 e. The van der Waals surface area contributed by atoms with Crippen molar-refractivity contribution in [2.75, 3.05) is 11.9 Å². The van der Waals surface area contributed by atoms with Crippen LogP contribution in [-0.2, 0) is 9.59 Å². The number of nitrogens with zero attached hydrogens (tertiary/aromatic N) is 2. The first-order valence-electron chi connectivity index (χ1n) is 7.97. The molecule has 132 valence electrons. The molecule has 2 heterocycles. The Morgan fingerprint density at radius 2 is 1.81 bits per heavy atom. The summed E-state index contributed by atoms with van der Waals surface area (Å²) in [6.45, 7) is 3.46. The second kappa shape index (κ2) is 7.53. The van der Waals surface area contributed by atoms with Crippen LogP contribution in [0.5, 0.6) is 0 Å². The molecule has 1 fully saturated rings. The lowest BCUT2D eigenvalue weighted by Crippen LogP contribution is -2.36. The SMILES string of the molecule is Cc1cccc(C)c1NC(=O)CN1C(=O)S/C(=C/c2ccncc2)C1=O. The van der Waals surface area contributed by atoms with Gasteiger partial charge in [-0.1, -0.05) is 18.2 Å². The van der Waals surface area contributed by atoms with Gasteiger partial charge in [-0.2, -0.15) is 0 Å². The maximum absolute atomic E-state index is 12.5. The Morgan fingerprint density at radius 3 is 2.46 bits per heavy atom. The van der Waals surface area contributed by atoms with E-state index in [1.807, 2.05) is 32.0 Å². The highest BCUT2D eigenvalue weighted by molar-refractivity contribution is 8.18. The van der Waals surface area contributed by atoms with Crippen LogP contribution in [0, 0.1) is 13.8 Å². The van der Waals surface area contributed by atoms with Gasteiger partial charge in [-0.05, 0) is 60.5 Å². The van der Waals surface area contributed by atoms with Gasteiger partial charge in [-0.3, -0.25) is 24.3 Å². The lowest BCUT2D eigenvalue weighted by molar-refractivity contribution is -0.127. The number of aromatic nitrogens is 1. The molecule has 0 spiro atoms. The normalized spacial score (nSPS) is 15.6. The van der Waals surface area contributed by atoms with Crippen LogP contribution in [0.15, 0.2) is 47.6 Å². The van der Waals surface area contributed by atoms with Crippen LogP contribution in [-0.4, -0.2) is 33.5 Å². The van der Waals surface area contributed by atoms with Crippen LogP contribution in [0.4, 0.5) is 10.5 Å². The lowest BCUT2D eigenvalue weighted by Gasteiger charge is -2.15. The van der Waals surface area contributed by atoms with Gasteiger partial charge in [0.25, 0.3) is 11.1 Å². The van der Waals surface area contributed by atoms with Gasteiger partial charge in [0.05, 0.1) is 4.91 Å². The molecule has 0 bridgehead atoms. The Labute approximate surface area is 155 Å². The van der Waals surface area contributed by atoms with Crippen LogP contribution >= 0.6 is 11.8 Å². The third kappa shape index (κ3) is 3.83. The number of para-hydroxylation sites is 1. The molecule has 1 saturated heterocycles. The molecule has 3 amide bonds. The molecular weight excluding hydrogens is 350 g/mol. The van der Waals surface area contributed by atoms with Crippen molar-refractivity contribution >= 4 is 40.6 Å². The zero-order chi connectivity index (χ0) is 18.7. The van der Waals surface area contributed by atoms with E-state index in [0.29, 0.717) is 10.6 Å². The van der Waals surface area contributed by atoms with Gasteiger partial charge in [0.15, 0.2) is 0 Å². The molecule has 1 N–H and O–H groups in total. The number of anilines is 1. The highest BCUT2D eigenvalue weighted by Gasteiger charge is 2.36. The number of carbonyl (C=O) groups is 3. The van der Waals surface area contributed by atoms with Crippen molar-refractivity contribution in [3.8, 4) is 0 Å². The number of rotatable bonds is 4. The van der Waals surface area contributed by atoms with E-state index in [9.17, 15) is 14.4 Å². The number of pyridine rings is 1. The monoisotopic (exact) mass is 367 g/mol. The molecule has 0 aliphatic carbocycles. The largest absolute Gasteiger partial charge is 0.324 e. The molecule has 6 nitrogen and oxygen atoms in total. The van der Waals surface area contributed by atoms with E-state index >= 15 is 0 Å². The number of carbonyl (C=O) groups excluding carboxylic acids is 3. The smallest absolute Gasteiger partial charge is 0.294 e. The van der Waals surface area contributed by atoms with Crippen LogP contribution in [0.3, 0.4) is 0 Å². The topological polar surface area (TPSA) is 79.4 Å². The Morgan fingerprint density at radius 1 is 1.15 bits per heavy atom. The van der Waals surface area contributed by atoms with Crippen molar-refractivity contribution < 1.29 is 14.4 Å². The van der Waals surface area contributed by atoms with Crippen LogP contribution in [0.2, 0.25) is 0 Å². The van der Waals surface area contributed by atoms with Crippen molar-refractivity contribution in [1.82, 2.24) is 9.88 Å². The first kappa shape index (κ1) is 17.9. The summed E-state index contributed by atoms with van der Waals surface area (Å²) in [5, 5.41) is 2.34. The van der Waals surface area contributed by atoms with E-state index in [1.165, 1.54) is 0 Å². The van der Waals surface area contributed by atoms with Crippen LogP contribution < -0.4 is 5.32 Å². The molecule has 26 heavy (non-hydrogen) atoms. The fraction of sp³-hybridized carbons (Fsp3) is 0.158. The minimum absolute atomic E-state index is 0.293. The van der Waals surface area contributed by atoms with Crippen molar-refractivity contribution in [2.45, 2.75) is 13.8 Å². The molecule has 0 saturated carbocycles. The number of imide groups is 1. The molecule has 0 radical (unpaired) electrons. The predicted molar refractivity (Wildman–Crippen MR) is 101 cm³/mol. The first-order valence-corrected chi connectivity index (χ1v) is 8.79. The Balaban J connectivity index is 1.72. The summed E-state index contributed by atoms with van der Waals surface area (Å²) in [4.78, 5) is 42.1.